The summed E-state index contributed by atoms with van der Waals surface area (Å²) in [5, 5.41) is 3.57. The average molecular weight is 277 g/mol. The summed E-state index contributed by atoms with van der Waals surface area (Å²) in [4.78, 5) is 3.55. The minimum atomic E-state index is 0.0207. The molecule has 1 rings (SSSR count). The minimum Gasteiger partial charge on any atom is -0.496 e. The number of nitrogens with two attached hydrogens (primary N) is 1. The number of ether oxygens (including phenoxy) is 1. The topological polar surface area (TPSA) is 59.6 Å². The van der Waals surface area contributed by atoms with Gasteiger partial charge in [0.2, 0.25) is 0 Å². The summed E-state index contributed by atoms with van der Waals surface area (Å²) in [6.45, 7) is 5.84. The van der Waals surface area contributed by atoms with Crippen LogP contribution in [0.25, 0.3) is 0 Å². The van der Waals surface area contributed by atoms with Gasteiger partial charge in [0.15, 0.2) is 0 Å². The van der Waals surface area contributed by atoms with Gasteiger partial charge in [0.25, 0.3) is 0 Å². The molecule has 1 unspecified atom stereocenters. The molecule has 1 aliphatic carbocycles. The van der Waals surface area contributed by atoms with Crippen LogP contribution in [0.3, 0.4) is 0 Å². The van der Waals surface area contributed by atoms with E-state index in [0.717, 1.165) is 5.70 Å². The van der Waals surface area contributed by atoms with Crippen LogP contribution in [0.1, 0.15) is 39.0 Å². The molecule has 0 bridgehead atoms. The number of nitrogens with zero attached hydrogens (tertiary/aromatic N) is 1. The zero-order valence-electron chi connectivity index (χ0n) is 12.4. The van der Waals surface area contributed by atoms with Gasteiger partial charge in [-0.05, 0) is 38.6 Å². The van der Waals surface area contributed by atoms with Crippen LogP contribution in [0.5, 0.6) is 0 Å². The molecule has 20 heavy (non-hydrogen) atoms. The molecule has 0 aliphatic heterocycles. The van der Waals surface area contributed by atoms with Gasteiger partial charge in [0, 0.05) is 17.8 Å². The Morgan fingerprint density at radius 2 is 2.20 bits per heavy atom. The lowest BCUT2D eigenvalue weighted by Gasteiger charge is -2.26. The van der Waals surface area contributed by atoms with Crippen LogP contribution in [0.4, 0.5) is 0 Å². The van der Waals surface area contributed by atoms with Crippen LogP contribution in [0.15, 0.2) is 41.4 Å². The normalized spacial score (nSPS) is 19.4. The number of aliphatic imine (C=N–C) groups is 1. The van der Waals surface area contributed by atoms with Crippen molar-refractivity contribution in [2.75, 3.05) is 6.61 Å². The van der Waals surface area contributed by atoms with Crippen molar-refractivity contribution in [1.29, 1.82) is 0 Å². The Bertz CT molecular complexity index is 353. The standard InChI is InChI=1S/C16H27N3O/c1-14(17)16(19-15-8-4-3-5-9-15)10-6-7-12-20-13-11-18-2/h6-7,10-11,13-15,19H,2-5,8-9,12,17H2,1H3/b7-6+,13-11-,16-10+. The van der Waals surface area contributed by atoms with Crippen molar-refractivity contribution in [1.82, 2.24) is 5.32 Å². The molecule has 4 nitrogen and oxygen atoms in total. The highest BCUT2D eigenvalue weighted by atomic mass is 16.5. The van der Waals surface area contributed by atoms with E-state index in [1.165, 1.54) is 44.6 Å². The molecule has 0 heterocycles. The molecular formula is C16H27N3O. The molecule has 1 saturated carbocycles. The maximum absolute atomic E-state index is 6.01. The highest BCUT2D eigenvalue weighted by Gasteiger charge is 2.14. The highest BCUT2D eigenvalue weighted by Crippen LogP contribution is 2.18. The molecule has 0 saturated heterocycles. The Morgan fingerprint density at radius 3 is 2.85 bits per heavy atom. The second-order valence-electron chi connectivity index (χ2n) is 5.12. The average Bonchev–Trinajstić information content (AvgIpc) is 2.46. The van der Waals surface area contributed by atoms with Crippen molar-refractivity contribution >= 4 is 6.72 Å². The SMILES string of the molecule is C=N/C=C\OC/C=C/C=C(/NC1CCCCC1)C(C)N. The van der Waals surface area contributed by atoms with Gasteiger partial charge in [-0.25, -0.2) is 0 Å². The van der Waals surface area contributed by atoms with Gasteiger partial charge in [-0.3, -0.25) is 4.99 Å². The lowest BCUT2D eigenvalue weighted by atomic mass is 9.95. The molecule has 0 aromatic rings. The summed E-state index contributed by atoms with van der Waals surface area (Å²) in [6.07, 6.45) is 15.5. The van der Waals surface area contributed by atoms with Crippen LogP contribution in [-0.4, -0.2) is 25.4 Å². The van der Waals surface area contributed by atoms with E-state index in [9.17, 15) is 0 Å². The minimum absolute atomic E-state index is 0.0207. The first-order valence-corrected chi connectivity index (χ1v) is 7.35. The third-order valence-electron chi connectivity index (χ3n) is 3.33. The summed E-state index contributed by atoms with van der Waals surface area (Å²) in [5.41, 5.74) is 7.10. The van der Waals surface area contributed by atoms with Crippen molar-refractivity contribution in [3.8, 4) is 0 Å². The molecular weight excluding hydrogens is 250 g/mol. The zero-order chi connectivity index (χ0) is 14.6. The summed E-state index contributed by atoms with van der Waals surface area (Å²) < 4.78 is 5.18. The predicted molar refractivity (Wildman–Crippen MR) is 85.5 cm³/mol. The van der Waals surface area contributed by atoms with E-state index >= 15 is 0 Å². The Hall–Kier alpha value is -1.55. The quantitative estimate of drug-likeness (QED) is 0.310. The molecule has 0 radical (unpaired) electrons. The Balaban J connectivity index is 2.39. The summed E-state index contributed by atoms with van der Waals surface area (Å²) >= 11 is 0. The molecule has 1 aliphatic rings. The molecule has 0 aromatic carbocycles. The van der Waals surface area contributed by atoms with E-state index in [-0.39, 0.29) is 6.04 Å². The van der Waals surface area contributed by atoms with E-state index in [1.807, 2.05) is 25.2 Å². The van der Waals surface area contributed by atoms with Crippen molar-refractivity contribution in [2.24, 2.45) is 10.7 Å². The van der Waals surface area contributed by atoms with Gasteiger partial charge in [0.05, 0.1) is 6.20 Å². The molecule has 1 fully saturated rings. The van der Waals surface area contributed by atoms with Gasteiger partial charge in [-0.2, -0.15) is 0 Å². The summed E-state index contributed by atoms with van der Waals surface area (Å²) in [5.74, 6) is 0. The maximum Gasteiger partial charge on any atom is 0.106 e. The highest BCUT2D eigenvalue weighted by molar-refractivity contribution is 5.25. The van der Waals surface area contributed by atoms with E-state index in [0.29, 0.717) is 12.6 Å². The summed E-state index contributed by atoms with van der Waals surface area (Å²) in [6, 6.07) is 0.597. The van der Waals surface area contributed by atoms with Gasteiger partial charge in [-0.15, -0.1) is 0 Å². The van der Waals surface area contributed by atoms with E-state index in [2.05, 4.69) is 17.0 Å². The number of allylic oxidation sites excluding steroid dienone is 2. The molecule has 0 aromatic heterocycles. The smallest absolute Gasteiger partial charge is 0.106 e. The third kappa shape index (κ3) is 7.14. The number of hydrogen-bond acceptors (Lipinski definition) is 4. The molecule has 1 atom stereocenters. The van der Waals surface area contributed by atoms with Crippen molar-refractivity contribution < 1.29 is 4.74 Å². The largest absolute Gasteiger partial charge is 0.496 e. The van der Waals surface area contributed by atoms with Gasteiger partial charge < -0.3 is 15.8 Å². The van der Waals surface area contributed by atoms with Crippen LogP contribution >= 0.6 is 0 Å². The first-order valence-electron chi connectivity index (χ1n) is 7.35. The number of hydrogen-bond donors (Lipinski definition) is 2. The van der Waals surface area contributed by atoms with E-state index in [1.54, 1.807) is 0 Å². The second kappa shape index (κ2) is 10.3. The first kappa shape index (κ1) is 16.5. The maximum atomic E-state index is 6.01. The Labute approximate surface area is 122 Å². The monoisotopic (exact) mass is 277 g/mol. The van der Waals surface area contributed by atoms with Crippen LogP contribution in [-0.2, 0) is 4.74 Å². The van der Waals surface area contributed by atoms with E-state index in [4.69, 9.17) is 10.5 Å². The summed E-state index contributed by atoms with van der Waals surface area (Å²) in [7, 11) is 0. The van der Waals surface area contributed by atoms with Gasteiger partial charge >= 0.3 is 0 Å². The lowest BCUT2D eigenvalue weighted by Crippen LogP contribution is -2.37. The van der Waals surface area contributed by atoms with Crippen LogP contribution in [0, 0.1) is 0 Å². The van der Waals surface area contributed by atoms with E-state index < -0.39 is 0 Å². The fourth-order valence-corrected chi connectivity index (χ4v) is 2.24. The van der Waals surface area contributed by atoms with Crippen molar-refractivity contribution in [2.45, 2.75) is 51.1 Å². The van der Waals surface area contributed by atoms with Crippen molar-refractivity contribution in [3.63, 3.8) is 0 Å². The predicted octanol–water partition coefficient (Wildman–Crippen LogP) is 2.88. The van der Waals surface area contributed by atoms with Crippen LogP contribution < -0.4 is 11.1 Å². The number of rotatable bonds is 8. The molecule has 0 spiro atoms. The molecule has 4 heteroatoms. The molecule has 0 amide bonds. The third-order valence-corrected chi connectivity index (χ3v) is 3.33. The Kier molecular flexibility index (Phi) is 8.47. The molecule has 3 N–H and O–H groups in total. The Morgan fingerprint density at radius 1 is 1.45 bits per heavy atom. The van der Waals surface area contributed by atoms with Crippen LogP contribution in [0.2, 0.25) is 0 Å². The first-order chi connectivity index (χ1) is 9.74. The lowest BCUT2D eigenvalue weighted by molar-refractivity contribution is 0.289. The second-order valence-corrected chi connectivity index (χ2v) is 5.12. The van der Waals surface area contributed by atoms with Gasteiger partial charge in [-0.1, -0.05) is 25.3 Å². The fraction of sp³-hybridized carbons (Fsp3) is 0.562. The zero-order valence-corrected chi connectivity index (χ0v) is 12.4. The van der Waals surface area contributed by atoms with Gasteiger partial charge in [0.1, 0.15) is 12.9 Å². The van der Waals surface area contributed by atoms with Crippen molar-refractivity contribution in [3.05, 3.63) is 36.4 Å². The fourth-order valence-electron chi connectivity index (χ4n) is 2.24. The number of nitrogens with one attached hydrogen (secondary N) is 1. The molecule has 112 valence electrons.